The number of carbonyl (C=O) groups is 1. The summed E-state index contributed by atoms with van der Waals surface area (Å²) >= 11 is 0. The molecule has 0 aromatic heterocycles. The van der Waals surface area contributed by atoms with Crippen LogP contribution in [0.4, 0.5) is 5.69 Å². The van der Waals surface area contributed by atoms with Crippen molar-refractivity contribution in [2.24, 2.45) is 4.99 Å². The molecule has 5 nitrogen and oxygen atoms in total. The van der Waals surface area contributed by atoms with Crippen LogP contribution in [0.3, 0.4) is 0 Å². The normalized spacial score (nSPS) is 17.3. The number of nitrogens with one attached hydrogen (secondary N) is 2. The average Bonchev–Trinajstić information content (AvgIpc) is 2.57. The molecule has 1 aliphatic carbocycles. The second-order valence-electron chi connectivity index (χ2n) is 6.11. The summed E-state index contributed by atoms with van der Waals surface area (Å²) in [4.78, 5) is 13.6. The van der Waals surface area contributed by atoms with Gasteiger partial charge in [-0.2, -0.15) is 0 Å². The van der Waals surface area contributed by atoms with Gasteiger partial charge in [0, 0.05) is 37.1 Å². The summed E-state index contributed by atoms with van der Waals surface area (Å²) in [5.41, 5.74) is 2.53. The van der Waals surface area contributed by atoms with Gasteiger partial charge in [0.05, 0.1) is 5.69 Å². The van der Waals surface area contributed by atoms with Crippen LogP contribution in [-0.2, 0) is 21.9 Å². The Labute approximate surface area is 154 Å². The number of carboxylic acid groups (broad SMARTS) is 1. The van der Waals surface area contributed by atoms with Gasteiger partial charge in [-0.25, -0.2) is 4.99 Å². The number of aliphatic carboxylic acids is 1. The first kappa shape index (κ1) is 20.5. The molecule has 0 bridgehead atoms. The quantitative estimate of drug-likeness (QED) is 0.687. The topological polar surface area (TPSA) is 73.7 Å². The molecular weight excluding hydrogens is 354 g/mol. The van der Waals surface area contributed by atoms with E-state index in [-0.39, 0.29) is 17.1 Å². The average molecular weight is 381 g/mol. The van der Waals surface area contributed by atoms with Crippen molar-refractivity contribution in [3.05, 3.63) is 29.8 Å². The van der Waals surface area contributed by atoms with E-state index < -0.39 is 5.97 Å². The minimum atomic E-state index is -0.833. The molecule has 1 heterocycles. The van der Waals surface area contributed by atoms with Gasteiger partial charge >= 0.3 is 0 Å². The van der Waals surface area contributed by atoms with E-state index in [1.165, 1.54) is 44.1 Å². The predicted molar refractivity (Wildman–Crippen MR) is 93.3 cm³/mol. The zero-order valence-corrected chi connectivity index (χ0v) is 15.1. The van der Waals surface area contributed by atoms with E-state index >= 15 is 0 Å². The molecule has 2 aliphatic rings. The largest absolute Gasteiger partial charge is 0.481 e. The van der Waals surface area contributed by atoms with Crippen LogP contribution in [0.1, 0.15) is 56.9 Å². The second kappa shape index (κ2) is 11.1. The first-order chi connectivity index (χ1) is 11.1. The molecule has 1 saturated carbocycles. The monoisotopic (exact) mass is 380 g/mol. The number of nitrogens with zero attached hydrogens (tertiary/aromatic N) is 1. The van der Waals surface area contributed by atoms with Gasteiger partial charge < -0.3 is 15.7 Å². The summed E-state index contributed by atoms with van der Waals surface area (Å²) in [6.45, 7) is 3.12. The van der Waals surface area contributed by atoms with Crippen LogP contribution >= 0.6 is 0 Å². The van der Waals surface area contributed by atoms with Crippen molar-refractivity contribution in [3.8, 4) is 0 Å². The number of aliphatic imine (C=N–C) groups is 1. The van der Waals surface area contributed by atoms with Crippen molar-refractivity contribution >= 4 is 17.6 Å². The van der Waals surface area contributed by atoms with Crippen LogP contribution in [0.2, 0.25) is 0 Å². The molecule has 0 unspecified atom stereocenters. The summed E-state index contributed by atoms with van der Waals surface area (Å²) in [7, 11) is 0. The number of carboxylic acids is 1. The fourth-order valence-corrected chi connectivity index (χ4v) is 3.03. The molecule has 1 radical (unpaired) electrons. The van der Waals surface area contributed by atoms with Gasteiger partial charge in [-0.1, -0.05) is 31.4 Å². The Kier molecular flexibility index (Phi) is 9.50. The maximum absolute atomic E-state index is 9.00. The van der Waals surface area contributed by atoms with Crippen molar-refractivity contribution < 1.29 is 27.0 Å². The van der Waals surface area contributed by atoms with Crippen LogP contribution in [0.15, 0.2) is 29.3 Å². The van der Waals surface area contributed by atoms with E-state index in [9.17, 15) is 0 Å². The molecule has 3 rings (SSSR count). The summed E-state index contributed by atoms with van der Waals surface area (Å²) < 4.78 is 0. The van der Waals surface area contributed by atoms with Crippen molar-refractivity contribution in [1.82, 2.24) is 10.6 Å². The van der Waals surface area contributed by atoms with Crippen LogP contribution in [0.5, 0.6) is 0 Å². The van der Waals surface area contributed by atoms with Crippen molar-refractivity contribution in [3.63, 3.8) is 0 Å². The number of rotatable bonds is 2. The number of hydrogen-bond acceptors (Lipinski definition) is 2. The van der Waals surface area contributed by atoms with Crippen molar-refractivity contribution in [2.45, 2.75) is 51.4 Å². The van der Waals surface area contributed by atoms with Gasteiger partial charge in [0.25, 0.3) is 5.97 Å². The molecule has 24 heavy (non-hydrogen) atoms. The van der Waals surface area contributed by atoms with Gasteiger partial charge in [0.2, 0.25) is 0 Å². The second-order valence-corrected chi connectivity index (χ2v) is 6.11. The predicted octanol–water partition coefficient (Wildman–Crippen LogP) is 3.39. The SMILES string of the molecule is CC(=O)O.[Cu].c1cc(C2CCCCC2)ccc1N=C1NCCCN1. The van der Waals surface area contributed by atoms with Crippen LogP contribution in [-0.4, -0.2) is 30.1 Å². The molecular formula is C18H27CuN3O2. The molecule has 1 aliphatic heterocycles. The van der Waals surface area contributed by atoms with Gasteiger partial charge in [-0.15, -0.1) is 0 Å². The van der Waals surface area contributed by atoms with E-state index in [1.54, 1.807) is 0 Å². The summed E-state index contributed by atoms with van der Waals surface area (Å²) in [6.07, 6.45) is 8.08. The molecule has 3 N–H and O–H groups in total. The molecule has 0 amide bonds. The maximum Gasteiger partial charge on any atom is 0.300 e. The Morgan fingerprint density at radius 1 is 1.04 bits per heavy atom. The van der Waals surface area contributed by atoms with Crippen LogP contribution in [0.25, 0.3) is 0 Å². The first-order valence-corrected chi connectivity index (χ1v) is 8.51. The zero-order valence-electron chi connectivity index (χ0n) is 14.1. The standard InChI is InChI=1S/C16H23N3.C2H4O2.Cu/c1-2-5-13(6-3-1)14-7-9-15(10-8-14)19-16-17-11-4-12-18-16;1-2(3)4;/h7-10,13H,1-6,11-12H2,(H2,17,18,19);1H3,(H,3,4);. The molecule has 1 aromatic carbocycles. The molecule has 1 saturated heterocycles. The van der Waals surface area contributed by atoms with Crippen LogP contribution in [0, 0.1) is 0 Å². The van der Waals surface area contributed by atoms with Gasteiger partial charge in [-0.3, -0.25) is 4.79 Å². The molecule has 2 fully saturated rings. The summed E-state index contributed by atoms with van der Waals surface area (Å²) in [6, 6.07) is 8.82. The van der Waals surface area contributed by atoms with E-state index in [0.717, 1.165) is 37.6 Å². The fraction of sp³-hybridized carbons (Fsp3) is 0.556. The first-order valence-electron chi connectivity index (χ1n) is 8.51. The fourth-order valence-electron chi connectivity index (χ4n) is 3.03. The van der Waals surface area contributed by atoms with Gasteiger partial charge in [0.1, 0.15) is 0 Å². The molecule has 1 aromatic rings. The maximum atomic E-state index is 9.00. The zero-order chi connectivity index (χ0) is 16.5. The summed E-state index contributed by atoms with van der Waals surface area (Å²) in [5.74, 6) is 0.859. The smallest absolute Gasteiger partial charge is 0.300 e. The Bertz CT molecular complexity index is 514. The van der Waals surface area contributed by atoms with Crippen molar-refractivity contribution in [2.75, 3.05) is 13.1 Å². The molecule has 6 heteroatoms. The Hall–Kier alpha value is -1.52. The minimum Gasteiger partial charge on any atom is -0.481 e. The van der Waals surface area contributed by atoms with Gasteiger partial charge in [-0.05, 0) is 42.9 Å². The Balaban J connectivity index is 0.000000522. The van der Waals surface area contributed by atoms with Crippen molar-refractivity contribution in [1.29, 1.82) is 0 Å². The van der Waals surface area contributed by atoms with E-state index in [0.29, 0.717) is 0 Å². The molecule has 0 atom stereocenters. The summed E-state index contributed by atoms with van der Waals surface area (Å²) in [5, 5.41) is 14.0. The van der Waals surface area contributed by atoms with Crippen LogP contribution < -0.4 is 10.6 Å². The molecule has 137 valence electrons. The van der Waals surface area contributed by atoms with E-state index in [2.05, 4.69) is 39.9 Å². The third kappa shape index (κ3) is 7.37. The number of benzene rings is 1. The Morgan fingerprint density at radius 2 is 1.58 bits per heavy atom. The third-order valence-corrected chi connectivity index (χ3v) is 4.15. The third-order valence-electron chi connectivity index (χ3n) is 4.15. The Morgan fingerprint density at radius 3 is 2.12 bits per heavy atom. The minimum absolute atomic E-state index is 0. The van der Waals surface area contributed by atoms with E-state index in [1.807, 2.05) is 0 Å². The number of hydrogen-bond donors (Lipinski definition) is 3. The number of guanidine groups is 1. The molecule has 0 spiro atoms. The van der Waals surface area contributed by atoms with E-state index in [4.69, 9.17) is 9.90 Å². The van der Waals surface area contributed by atoms with Gasteiger partial charge in [0.15, 0.2) is 5.96 Å².